The van der Waals surface area contributed by atoms with Crippen LogP contribution in [0.1, 0.15) is 71.1 Å². The summed E-state index contributed by atoms with van der Waals surface area (Å²) in [6, 6.07) is 0. The van der Waals surface area contributed by atoms with Crippen molar-refractivity contribution in [3.05, 3.63) is 12.2 Å². The van der Waals surface area contributed by atoms with Crippen LogP contribution in [0, 0.1) is 11.8 Å². The molecule has 2 heteroatoms. The van der Waals surface area contributed by atoms with Crippen LogP contribution in [-0.4, -0.2) is 13.1 Å². The monoisotopic (exact) mass is 266 g/mol. The fraction of sp³-hybridized carbons (Fsp3) is 0.824. The third-order valence-corrected chi connectivity index (χ3v) is 4.51. The van der Waals surface area contributed by atoms with Gasteiger partial charge in [0.25, 0.3) is 0 Å². The lowest BCUT2D eigenvalue weighted by molar-refractivity contribution is -0.136. The molecule has 0 bridgehead atoms. The first kappa shape index (κ1) is 16.3. The zero-order chi connectivity index (χ0) is 14.1. The van der Waals surface area contributed by atoms with Crippen LogP contribution in [0.4, 0.5) is 0 Å². The minimum absolute atomic E-state index is 0.242. The summed E-state index contributed by atoms with van der Waals surface area (Å²) in [5.41, 5.74) is 0.632. The van der Waals surface area contributed by atoms with Gasteiger partial charge in [0.2, 0.25) is 0 Å². The highest BCUT2D eigenvalue weighted by atomic mass is 16.5. The molecule has 1 aliphatic carbocycles. The summed E-state index contributed by atoms with van der Waals surface area (Å²) in [6.45, 7) is 6.07. The number of unbranched alkanes of at least 4 members (excludes halogenated alkanes) is 2. The van der Waals surface area contributed by atoms with E-state index < -0.39 is 0 Å². The Morgan fingerprint density at radius 3 is 2.21 bits per heavy atom. The molecular formula is C17H30O2. The van der Waals surface area contributed by atoms with E-state index in [4.69, 9.17) is 0 Å². The molecule has 0 amide bonds. The molecule has 0 heterocycles. The fourth-order valence-electron chi connectivity index (χ4n) is 3.12. The largest absolute Gasteiger partial charge is 0.466 e. The lowest BCUT2D eigenvalue weighted by Crippen LogP contribution is -2.15. The van der Waals surface area contributed by atoms with Crippen molar-refractivity contribution in [3.8, 4) is 0 Å². The van der Waals surface area contributed by atoms with Gasteiger partial charge in [-0.05, 0) is 24.7 Å². The maximum absolute atomic E-state index is 11.3. The average molecular weight is 266 g/mol. The van der Waals surface area contributed by atoms with Crippen molar-refractivity contribution in [2.75, 3.05) is 7.11 Å². The molecule has 110 valence electrons. The zero-order valence-corrected chi connectivity index (χ0v) is 12.7. The third-order valence-electron chi connectivity index (χ3n) is 4.51. The van der Waals surface area contributed by atoms with E-state index in [1.807, 2.05) is 0 Å². The summed E-state index contributed by atoms with van der Waals surface area (Å²) in [5, 5.41) is 0. The molecule has 0 unspecified atom stereocenters. The molecule has 0 aromatic heterocycles. The molecule has 1 aliphatic rings. The number of methoxy groups -OCH3 is 1. The van der Waals surface area contributed by atoms with Crippen molar-refractivity contribution < 1.29 is 9.53 Å². The molecule has 2 nitrogen and oxygen atoms in total. The van der Waals surface area contributed by atoms with Crippen LogP contribution in [-0.2, 0) is 9.53 Å². The van der Waals surface area contributed by atoms with Crippen LogP contribution < -0.4 is 0 Å². The summed E-state index contributed by atoms with van der Waals surface area (Å²) in [4.78, 5) is 11.3. The molecule has 1 rings (SSSR count). The van der Waals surface area contributed by atoms with Gasteiger partial charge in [-0.3, -0.25) is 0 Å². The van der Waals surface area contributed by atoms with Gasteiger partial charge in [0.15, 0.2) is 0 Å². The summed E-state index contributed by atoms with van der Waals surface area (Å²) < 4.78 is 4.69. The predicted octanol–water partition coefficient (Wildman–Crippen LogP) is 4.88. The Bertz CT molecular complexity index is 275. The normalized spacial score (nSPS) is 23.1. The molecule has 19 heavy (non-hydrogen) atoms. The van der Waals surface area contributed by atoms with Gasteiger partial charge in [0.1, 0.15) is 0 Å². The molecule has 0 aromatic rings. The Labute approximate surface area is 118 Å². The first-order valence-corrected chi connectivity index (χ1v) is 7.93. The summed E-state index contributed by atoms with van der Waals surface area (Å²) >= 11 is 0. The van der Waals surface area contributed by atoms with Crippen LogP contribution in [0.2, 0.25) is 0 Å². The van der Waals surface area contributed by atoms with Gasteiger partial charge in [-0.2, -0.15) is 0 Å². The Kier molecular flexibility index (Phi) is 7.85. The molecule has 0 spiro atoms. The van der Waals surface area contributed by atoms with E-state index in [0.29, 0.717) is 5.57 Å². The first-order chi connectivity index (χ1) is 9.17. The van der Waals surface area contributed by atoms with Crippen molar-refractivity contribution in [2.24, 2.45) is 11.8 Å². The van der Waals surface area contributed by atoms with E-state index >= 15 is 0 Å². The lowest BCUT2D eigenvalue weighted by Gasteiger charge is -2.28. The second kappa shape index (κ2) is 9.17. The molecule has 0 aromatic carbocycles. The molecule has 1 saturated carbocycles. The number of hydrogen-bond acceptors (Lipinski definition) is 2. The Hall–Kier alpha value is -0.790. The van der Waals surface area contributed by atoms with Gasteiger partial charge in [0.05, 0.1) is 7.11 Å². The SMILES string of the molecule is C=C(CCC1CCC(CCCCC)CC1)C(=O)OC. The number of esters is 1. The topological polar surface area (TPSA) is 26.3 Å². The van der Waals surface area contributed by atoms with E-state index in [0.717, 1.165) is 24.7 Å². The minimum atomic E-state index is -0.242. The summed E-state index contributed by atoms with van der Waals surface area (Å²) in [5.74, 6) is 1.52. The third kappa shape index (κ3) is 6.26. The highest BCUT2D eigenvalue weighted by Crippen LogP contribution is 2.34. The van der Waals surface area contributed by atoms with Crippen molar-refractivity contribution in [2.45, 2.75) is 71.1 Å². The molecule has 1 fully saturated rings. The van der Waals surface area contributed by atoms with Crippen LogP contribution in [0.25, 0.3) is 0 Å². The van der Waals surface area contributed by atoms with Gasteiger partial charge in [-0.15, -0.1) is 0 Å². The first-order valence-electron chi connectivity index (χ1n) is 7.93. The van der Waals surface area contributed by atoms with E-state index in [2.05, 4.69) is 18.2 Å². The van der Waals surface area contributed by atoms with Gasteiger partial charge in [-0.1, -0.05) is 64.9 Å². The highest BCUT2D eigenvalue weighted by Gasteiger charge is 2.21. The quantitative estimate of drug-likeness (QED) is 0.355. The Morgan fingerprint density at radius 1 is 1.11 bits per heavy atom. The summed E-state index contributed by atoms with van der Waals surface area (Å²) in [6.07, 6.45) is 12.9. The van der Waals surface area contributed by atoms with Crippen LogP contribution in [0.3, 0.4) is 0 Å². The number of hydrogen-bond donors (Lipinski definition) is 0. The van der Waals surface area contributed by atoms with Gasteiger partial charge in [-0.25, -0.2) is 4.79 Å². The standard InChI is InChI=1S/C17H30O2/c1-4-5-6-7-15-10-12-16(13-11-15)9-8-14(2)17(18)19-3/h15-16H,2,4-13H2,1,3H3. The second-order valence-corrected chi connectivity index (χ2v) is 6.02. The van der Waals surface area contributed by atoms with E-state index in [1.165, 1.54) is 58.5 Å². The van der Waals surface area contributed by atoms with Crippen LogP contribution in [0.15, 0.2) is 12.2 Å². The van der Waals surface area contributed by atoms with Crippen molar-refractivity contribution >= 4 is 5.97 Å². The predicted molar refractivity (Wildman–Crippen MR) is 80.0 cm³/mol. The number of ether oxygens (including phenoxy) is 1. The fourth-order valence-corrected chi connectivity index (χ4v) is 3.12. The number of carbonyl (C=O) groups is 1. The average Bonchev–Trinajstić information content (AvgIpc) is 2.45. The van der Waals surface area contributed by atoms with Crippen molar-refractivity contribution in [3.63, 3.8) is 0 Å². The molecule has 0 atom stereocenters. The molecule has 0 radical (unpaired) electrons. The zero-order valence-electron chi connectivity index (χ0n) is 12.7. The van der Waals surface area contributed by atoms with Gasteiger partial charge in [0, 0.05) is 5.57 Å². The van der Waals surface area contributed by atoms with Gasteiger partial charge < -0.3 is 4.74 Å². The van der Waals surface area contributed by atoms with Crippen molar-refractivity contribution in [1.82, 2.24) is 0 Å². The summed E-state index contributed by atoms with van der Waals surface area (Å²) in [7, 11) is 1.43. The molecule has 0 N–H and O–H groups in total. The maximum atomic E-state index is 11.3. The molecular weight excluding hydrogens is 236 g/mol. The smallest absolute Gasteiger partial charge is 0.333 e. The Balaban J connectivity index is 2.13. The minimum Gasteiger partial charge on any atom is -0.466 e. The number of carbonyl (C=O) groups excluding carboxylic acids is 1. The van der Waals surface area contributed by atoms with E-state index in [1.54, 1.807) is 0 Å². The molecule has 0 aliphatic heterocycles. The maximum Gasteiger partial charge on any atom is 0.333 e. The molecule has 0 saturated heterocycles. The van der Waals surface area contributed by atoms with Crippen LogP contribution in [0.5, 0.6) is 0 Å². The van der Waals surface area contributed by atoms with E-state index in [9.17, 15) is 4.79 Å². The number of rotatable bonds is 8. The highest BCUT2D eigenvalue weighted by molar-refractivity contribution is 5.87. The van der Waals surface area contributed by atoms with Crippen LogP contribution >= 0.6 is 0 Å². The Morgan fingerprint density at radius 2 is 1.68 bits per heavy atom. The van der Waals surface area contributed by atoms with E-state index in [-0.39, 0.29) is 5.97 Å². The van der Waals surface area contributed by atoms with Gasteiger partial charge >= 0.3 is 5.97 Å². The second-order valence-electron chi connectivity index (χ2n) is 6.02. The van der Waals surface area contributed by atoms with Crippen molar-refractivity contribution in [1.29, 1.82) is 0 Å². The lowest BCUT2D eigenvalue weighted by atomic mass is 9.78.